The Morgan fingerprint density at radius 1 is 1.19 bits per heavy atom. The van der Waals surface area contributed by atoms with Gasteiger partial charge in [-0.2, -0.15) is 5.10 Å². The molecular formula is C25H31N5O2. The predicted molar refractivity (Wildman–Crippen MR) is 126 cm³/mol. The van der Waals surface area contributed by atoms with Crippen LogP contribution in [0.1, 0.15) is 80.5 Å². The molecule has 1 atom stereocenters. The van der Waals surface area contributed by atoms with Crippen molar-refractivity contribution in [1.82, 2.24) is 20.1 Å². The SMILES string of the molecule is CCC(C)C(=O)Nc1cccc(CNC(=O)c2cc(C3CC3)nc3c2cnn3C(C)C)c1. The number of carbonyl (C=O) groups is 2. The number of fused-ring (bicyclic) bond motifs is 1. The summed E-state index contributed by atoms with van der Waals surface area (Å²) in [6, 6.07) is 9.67. The fourth-order valence-corrected chi connectivity index (χ4v) is 3.68. The molecule has 1 aliphatic rings. The van der Waals surface area contributed by atoms with Crippen LogP contribution in [0.5, 0.6) is 0 Å². The second-order valence-electron chi connectivity index (χ2n) is 8.97. The number of pyridine rings is 1. The smallest absolute Gasteiger partial charge is 0.252 e. The monoisotopic (exact) mass is 433 g/mol. The van der Waals surface area contributed by atoms with Crippen molar-refractivity contribution < 1.29 is 9.59 Å². The maximum Gasteiger partial charge on any atom is 0.252 e. The minimum Gasteiger partial charge on any atom is -0.348 e. The van der Waals surface area contributed by atoms with E-state index >= 15 is 0 Å². The molecule has 1 saturated carbocycles. The number of amides is 2. The van der Waals surface area contributed by atoms with Gasteiger partial charge in [-0.3, -0.25) is 9.59 Å². The number of hydrogen-bond acceptors (Lipinski definition) is 4. The van der Waals surface area contributed by atoms with Crippen LogP contribution in [0, 0.1) is 5.92 Å². The highest BCUT2D eigenvalue weighted by Crippen LogP contribution is 2.40. The molecule has 4 rings (SSSR count). The molecule has 0 radical (unpaired) electrons. The van der Waals surface area contributed by atoms with Gasteiger partial charge < -0.3 is 10.6 Å². The number of nitrogens with one attached hydrogen (secondary N) is 2. The third-order valence-electron chi connectivity index (χ3n) is 6.02. The molecule has 7 heteroatoms. The van der Waals surface area contributed by atoms with Crippen LogP contribution in [0.4, 0.5) is 5.69 Å². The zero-order chi connectivity index (χ0) is 22.8. The minimum absolute atomic E-state index is 0.00244. The Labute approximate surface area is 188 Å². The number of rotatable bonds is 8. The van der Waals surface area contributed by atoms with Crippen molar-refractivity contribution in [3.63, 3.8) is 0 Å². The number of hydrogen-bond donors (Lipinski definition) is 2. The fourth-order valence-electron chi connectivity index (χ4n) is 3.68. The lowest BCUT2D eigenvalue weighted by atomic mass is 10.1. The number of nitrogens with zero attached hydrogens (tertiary/aromatic N) is 3. The molecule has 2 N–H and O–H groups in total. The molecule has 0 aliphatic heterocycles. The molecule has 168 valence electrons. The van der Waals surface area contributed by atoms with Crippen molar-refractivity contribution in [3.05, 3.63) is 53.3 Å². The largest absolute Gasteiger partial charge is 0.348 e. The Hall–Kier alpha value is -3.22. The van der Waals surface area contributed by atoms with E-state index in [1.54, 1.807) is 6.20 Å². The Morgan fingerprint density at radius 2 is 1.97 bits per heavy atom. The Bertz CT molecular complexity index is 1150. The molecule has 0 spiro atoms. The van der Waals surface area contributed by atoms with Gasteiger partial charge in [0.25, 0.3) is 5.91 Å². The first kappa shape index (κ1) is 22.0. The summed E-state index contributed by atoms with van der Waals surface area (Å²) >= 11 is 0. The standard InChI is InChI=1S/C25H31N5O2/c1-5-16(4)24(31)28-19-8-6-7-17(11-19)13-26-25(32)20-12-22(18-9-10-18)29-23-21(20)14-27-30(23)15(2)3/h6-8,11-12,14-16,18H,5,9-10,13H2,1-4H3,(H,26,32)(H,28,31). The topological polar surface area (TPSA) is 88.9 Å². The maximum atomic E-state index is 13.2. The van der Waals surface area contributed by atoms with Crippen molar-refractivity contribution in [2.24, 2.45) is 5.92 Å². The second kappa shape index (κ2) is 9.10. The van der Waals surface area contributed by atoms with Gasteiger partial charge in [-0.05, 0) is 56.9 Å². The van der Waals surface area contributed by atoms with Crippen LogP contribution < -0.4 is 10.6 Å². The van der Waals surface area contributed by atoms with Gasteiger partial charge in [0.2, 0.25) is 5.91 Å². The first-order valence-electron chi connectivity index (χ1n) is 11.4. The van der Waals surface area contributed by atoms with Gasteiger partial charge >= 0.3 is 0 Å². The van der Waals surface area contributed by atoms with Crippen molar-refractivity contribution in [2.45, 2.75) is 65.5 Å². The van der Waals surface area contributed by atoms with E-state index in [-0.39, 0.29) is 23.8 Å². The molecule has 2 amide bonds. The van der Waals surface area contributed by atoms with Crippen molar-refractivity contribution >= 4 is 28.5 Å². The van der Waals surface area contributed by atoms with E-state index in [4.69, 9.17) is 4.98 Å². The summed E-state index contributed by atoms with van der Waals surface area (Å²) in [5, 5.41) is 11.2. The van der Waals surface area contributed by atoms with Crippen LogP contribution in [-0.2, 0) is 11.3 Å². The molecule has 1 aromatic carbocycles. The third kappa shape index (κ3) is 4.66. The first-order valence-corrected chi connectivity index (χ1v) is 11.4. The second-order valence-corrected chi connectivity index (χ2v) is 8.97. The molecule has 1 fully saturated rings. The Balaban J connectivity index is 1.52. The molecule has 2 heterocycles. The van der Waals surface area contributed by atoms with E-state index in [2.05, 4.69) is 29.6 Å². The lowest BCUT2D eigenvalue weighted by molar-refractivity contribution is -0.119. The van der Waals surface area contributed by atoms with E-state index in [1.165, 1.54) is 0 Å². The molecule has 1 aliphatic carbocycles. The lowest BCUT2D eigenvalue weighted by Gasteiger charge is -2.12. The highest BCUT2D eigenvalue weighted by atomic mass is 16.2. The van der Waals surface area contributed by atoms with Gasteiger partial charge in [-0.15, -0.1) is 0 Å². The highest BCUT2D eigenvalue weighted by Gasteiger charge is 2.28. The first-order chi connectivity index (χ1) is 15.4. The molecule has 0 saturated heterocycles. The molecule has 1 unspecified atom stereocenters. The van der Waals surface area contributed by atoms with Gasteiger partial charge in [-0.25, -0.2) is 9.67 Å². The average molecular weight is 434 g/mol. The predicted octanol–water partition coefficient (Wildman–Crippen LogP) is 4.80. The normalized spacial score (nSPS) is 14.5. The fraction of sp³-hybridized carbons (Fsp3) is 0.440. The molecule has 7 nitrogen and oxygen atoms in total. The van der Waals surface area contributed by atoms with Gasteiger partial charge in [0, 0.05) is 35.8 Å². The van der Waals surface area contributed by atoms with Gasteiger partial charge in [-0.1, -0.05) is 26.0 Å². The highest BCUT2D eigenvalue weighted by molar-refractivity contribution is 6.05. The van der Waals surface area contributed by atoms with E-state index in [1.807, 2.05) is 48.9 Å². The van der Waals surface area contributed by atoms with E-state index in [0.29, 0.717) is 18.0 Å². The molecule has 2 aromatic heterocycles. The van der Waals surface area contributed by atoms with E-state index in [9.17, 15) is 9.59 Å². The van der Waals surface area contributed by atoms with Crippen LogP contribution >= 0.6 is 0 Å². The van der Waals surface area contributed by atoms with Crippen LogP contribution in [0.2, 0.25) is 0 Å². The van der Waals surface area contributed by atoms with Crippen molar-refractivity contribution in [2.75, 3.05) is 5.32 Å². The van der Waals surface area contributed by atoms with E-state index < -0.39 is 0 Å². The summed E-state index contributed by atoms with van der Waals surface area (Å²) < 4.78 is 1.88. The summed E-state index contributed by atoms with van der Waals surface area (Å²) in [7, 11) is 0. The number of carbonyl (C=O) groups excluding carboxylic acids is 2. The minimum atomic E-state index is -0.142. The van der Waals surface area contributed by atoms with Crippen LogP contribution in [0.3, 0.4) is 0 Å². The number of benzene rings is 1. The van der Waals surface area contributed by atoms with Gasteiger partial charge in [0.1, 0.15) is 0 Å². The summed E-state index contributed by atoms with van der Waals surface area (Å²) in [4.78, 5) is 30.1. The lowest BCUT2D eigenvalue weighted by Crippen LogP contribution is -2.24. The Kier molecular flexibility index (Phi) is 6.26. The summed E-state index contributed by atoms with van der Waals surface area (Å²) in [5.74, 6) is 0.256. The zero-order valence-electron chi connectivity index (χ0n) is 19.2. The third-order valence-corrected chi connectivity index (χ3v) is 6.02. The van der Waals surface area contributed by atoms with Gasteiger partial charge in [0.15, 0.2) is 5.65 Å². The average Bonchev–Trinajstić information content (AvgIpc) is 3.55. The molecule has 3 aromatic rings. The van der Waals surface area contributed by atoms with Crippen LogP contribution in [-0.4, -0.2) is 26.6 Å². The number of aromatic nitrogens is 3. The van der Waals surface area contributed by atoms with Crippen LogP contribution in [0.15, 0.2) is 36.5 Å². The summed E-state index contributed by atoms with van der Waals surface area (Å²) in [5.41, 5.74) is 4.02. The summed E-state index contributed by atoms with van der Waals surface area (Å²) in [6.45, 7) is 8.39. The molecular weight excluding hydrogens is 402 g/mol. The van der Waals surface area contributed by atoms with Gasteiger partial charge in [0.05, 0.1) is 17.1 Å². The van der Waals surface area contributed by atoms with Crippen LogP contribution in [0.25, 0.3) is 11.0 Å². The molecule has 0 bridgehead atoms. The Morgan fingerprint density at radius 3 is 2.66 bits per heavy atom. The molecule has 32 heavy (non-hydrogen) atoms. The zero-order valence-corrected chi connectivity index (χ0v) is 19.2. The van der Waals surface area contributed by atoms with E-state index in [0.717, 1.165) is 47.2 Å². The quantitative estimate of drug-likeness (QED) is 0.534. The van der Waals surface area contributed by atoms with Crippen molar-refractivity contribution in [3.8, 4) is 0 Å². The summed E-state index contributed by atoms with van der Waals surface area (Å²) in [6.07, 6.45) is 4.76. The van der Waals surface area contributed by atoms with Crippen molar-refractivity contribution in [1.29, 1.82) is 0 Å². The number of anilines is 1. The maximum absolute atomic E-state index is 13.2.